The van der Waals surface area contributed by atoms with Crippen LogP contribution in [-0.2, 0) is 0 Å². The second-order valence-corrected chi connectivity index (χ2v) is 4.66. The molecule has 0 aliphatic rings. The van der Waals surface area contributed by atoms with Gasteiger partial charge >= 0.3 is 6.03 Å². The van der Waals surface area contributed by atoms with E-state index in [1.165, 1.54) is 0 Å². The van der Waals surface area contributed by atoms with Gasteiger partial charge in [-0.1, -0.05) is 19.4 Å². The van der Waals surface area contributed by atoms with Crippen LogP contribution in [0, 0.1) is 13.8 Å². The summed E-state index contributed by atoms with van der Waals surface area (Å²) < 4.78 is 0. The van der Waals surface area contributed by atoms with Gasteiger partial charge in [0.05, 0.1) is 0 Å². The molecule has 0 aromatic heterocycles. The molecule has 1 rings (SSSR count). The lowest BCUT2D eigenvalue weighted by Crippen LogP contribution is -2.35. The first-order valence-corrected chi connectivity index (χ1v) is 6.17. The van der Waals surface area contributed by atoms with Crippen molar-refractivity contribution in [1.29, 1.82) is 0 Å². The molecule has 2 N–H and O–H groups in total. The van der Waals surface area contributed by atoms with Crippen LogP contribution < -0.4 is 10.6 Å². The molecule has 0 saturated carbocycles. The van der Waals surface area contributed by atoms with Crippen molar-refractivity contribution in [1.82, 2.24) is 5.32 Å². The maximum atomic E-state index is 11.7. The van der Waals surface area contributed by atoms with E-state index in [1.54, 1.807) is 0 Å². The van der Waals surface area contributed by atoms with Gasteiger partial charge in [0.25, 0.3) is 0 Å². The number of urea groups is 1. The molecule has 0 aliphatic heterocycles. The maximum absolute atomic E-state index is 11.7. The highest BCUT2D eigenvalue weighted by Gasteiger charge is 2.06. The average Bonchev–Trinajstić information content (AvgIpc) is 2.14. The van der Waals surface area contributed by atoms with Crippen LogP contribution >= 0.6 is 0 Å². The van der Waals surface area contributed by atoms with E-state index in [0.29, 0.717) is 0 Å². The molecular formula is C14H22N2O. The molecule has 0 spiro atoms. The summed E-state index contributed by atoms with van der Waals surface area (Å²) in [6.07, 6.45) is 2.07. The quantitative estimate of drug-likeness (QED) is 0.821. The fourth-order valence-electron chi connectivity index (χ4n) is 1.94. The normalized spacial score (nSPS) is 12.0. The highest BCUT2D eigenvalue weighted by molar-refractivity contribution is 5.89. The van der Waals surface area contributed by atoms with Gasteiger partial charge in [0.1, 0.15) is 0 Å². The molecule has 0 bridgehead atoms. The Hall–Kier alpha value is -1.51. The number of carbonyl (C=O) groups excluding carboxylic acids is 1. The van der Waals surface area contributed by atoms with Crippen LogP contribution in [0.25, 0.3) is 0 Å². The van der Waals surface area contributed by atoms with E-state index < -0.39 is 0 Å². The topological polar surface area (TPSA) is 41.1 Å². The number of hydrogen-bond donors (Lipinski definition) is 2. The predicted octanol–water partition coefficient (Wildman–Crippen LogP) is 3.61. The Balaban J connectivity index is 2.56. The first-order chi connectivity index (χ1) is 8.01. The maximum Gasteiger partial charge on any atom is 0.319 e. The van der Waals surface area contributed by atoms with E-state index in [-0.39, 0.29) is 12.1 Å². The van der Waals surface area contributed by atoms with Crippen LogP contribution in [0.1, 0.15) is 37.8 Å². The summed E-state index contributed by atoms with van der Waals surface area (Å²) in [7, 11) is 0. The number of hydrogen-bond acceptors (Lipinski definition) is 1. The Morgan fingerprint density at radius 1 is 1.24 bits per heavy atom. The van der Waals surface area contributed by atoms with Gasteiger partial charge in [-0.25, -0.2) is 4.79 Å². The molecule has 0 fully saturated rings. The molecule has 1 atom stereocenters. The summed E-state index contributed by atoms with van der Waals surface area (Å²) in [6.45, 7) is 8.18. The third kappa shape index (κ3) is 4.89. The van der Waals surface area contributed by atoms with Crippen LogP contribution in [0.15, 0.2) is 18.2 Å². The van der Waals surface area contributed by atoms with Crippen LogP contribution in [0.5, 0.6) is 0 Å². The van der Waals surface area contributed by atoms with Gasteiger partial charge < -0.3 is 10.6 Å². The monoisotopic (exact) mass is 234 g/mol. The molecular weight excluding hydrogens is 212 g/mol. The van der Waals surface area contributed by atoms with E-state index in [9.17, 15) is 4.79 Å². The first kappa shape index (κ1) is 13.6. The Labute approximate surface area is 104 Å². The smallest absolute Gasteiger partial charge is 0.319 e. The number of carbonyl (C=O) groups is 1. The van der Waals surface area contributed by atoms with Crippen molar-refractivity contribution in [3.8, 4) is 0 Å². The number of amides is 2. The Bertz CT molecular complexity index is 368. The van der Waals surface area contributed by atoms with E-state index in [0.717, 1.165) is 29.7 Å². The van der Waals surface area contributed by atoms with Crippen molar-refractivity contribution >= 4 is 11.7 Å². The largest absolute Gasteiger partial charge is 0.335 e. The number of nitrogens with one attached hydrogen (secondary N) is 2. The fraction of sp³-hybridized carbons (Fsp3) is 0.500. The predicted molar refractivity (Wildman–Crippen MR) is 72.4 cm³/mol. The number of benzene rings is 1. The van der Waals surface area contributed by atoms with Gasteiger partial charge in [-0.05, 0) is 50.5 Å². The zero-order valence-corrected chi connectivity index (χ0v) is 11.1. The van der Waals surface area contributed by atoms with Gasteiger partial charge in [-0.2, -0.15) is 0 Å². The van der Waals surface area contributed by atoms with Gasteiger partial charge in [0, 0.05) is 11.7 Å². The van der Waals surface area contributed by atoms with Crippen molar-refractivity contribution in [2.45, 2.75) is 46.6 Å². The third-order valence-electron chi connectivity index (χ3n) is 2.58. The van der Waals surface area contributed by atoms with E-state index in [2.05, 4.69) is 23.6 Å². The van der Waals surface area contributed by atoms with Crippen molar-refractivity contribution in [3.63, 3.8) is 0 Å². The Kier molecular flexibility index (Phi) is 5.01. The molecule has 1 aromatic rings. The molecule has 1 unspecified atom stereocenters. The molecule has 3 nitrogen and oxygen atoms in total. The molecule has 3 heteroatoms. The summed E-state index contributed by atoms with van der Waals surface area (Å²) in [6, 6.07) is 6.11. The molecule has 17 heavy (non-hydrogen) atoms. The van der Waals surface area contributed by atoms with Gasteiger partial charge in [0.15, 0.2) is 0 Å². The van der Waals surface area contributed by atoms with E-state index >= 15 is 0 Å². The Morgan fingerprint density at radius 2 is 1.82 bits per heavy atom. The molecule has 0 radical (unpaired) electrons. The minimum absolute atomic E-state index is 0.129. The molecule has 2 amide bonds. The minimum Gasteiger partial charge on any atom is -0.335 e. The average molecular weight is 234 g/mol. The lowest BCUT2D eigenvalue weighted by Gasteiger charge is -2.14. The van der Waals surface area contributed by atoms with Crippen molar-refractivity contribution in [3.05, 3.63) is 29.3 Å². The number of aryl methyl sites for hydroxylation is 2. The zero-order valence-electron chi connectivity index (χ0n) is 11.1. The molecule has 1 aromatic carbocycles. The summed E-state index contributed by atoms with van der Waals surface area (Å²) in [5.74, 6) is 0. The third-order valence-corrected chi connectivity index (χ3v) is 2.58. The number of anilines is 1. The van der Waals surface area contributed by atoms with E-state index in [4.69, 9.17) is 0 Å². The first-order valence-electron chi connectivity index (χ1n) is 6.17. The van der Waals surface area contributed by atoms with Crippen LogP contribution in [-0.4, -0.2) is 12.1 Å². The van der Waals surface area contributed by atoms with Crippen LogP contribution in [0.4, 0.5) is 10.5 Å². The summed E-state index contributed by atoms with van der Waals surface area (Å²) in [4.78, 5) is 11.7. The zero-order chi connectivity index (χ0) is 12.8. The lowest BCUT2D eigenvalue weighted by molar-refractivity contribution is 0.248. The van der Waals surface area contributed by atoms with Gasteiger partial charge in [0.2, 0.25) is 0 Å². The molecule has 0 saturated heterocycles. The summed E-state index contributed by atoms with van der Waals surface area (Å²) in [5.41, 5.74) is 3.16. The summed E-state index contributed by atoms with van der Waals surface area (Å²) >= 11 is 0. The lowest BCUT2D eigenvalue weighted by atomic mass is 10.1. The molecule has 0 heterocycles. The second kappa shape index (κ2) is 6.28. The Morgan fingerprint density at radius 3 is 2.35 bits per heavy atom. The number of rotatable bonds is 4. The fourth-order valence-corrected chi connectivity index (χ4v) is 1.94. The highest BCUT2D eigenvalue weighted by Crippen LogP contribution is 2.13. The summed E-state index contributed by atoms with van der Waals surface area (Å²) in [5, 5.41) is 5.78. The minimum atomic E-state index is -0.129. The van der Waals surface area contributed by atoms with Crippen LogP contribution in [0.2, 0.25) is 0 Å². The van der Waals surface area contributed by atoms with Gasteiger partial charge in [-0.15, -0.1) is 0 Å². The van der Waals surface area contributed by atoms with Gasteiger partial charge in [-0.3, -0.25) is 0 Å². The molecule has 0 aliphatic carbocycles. The standard InChI is InChI=1S/C14H22N2O/c1-5-6-12(4)15-14(17)16-13-8-10(2)7-11(3)9-13/h7-9,12H,5-6H2,1-4H3,(H2,15,16,17). The van der Waals surface area contributed by atoms with Crippen molar-refractivity contribution < 1.29 is 4.79 Å². The van der Waals surface area contributed by atoms with Crippen LogP contribution in [0.3, 0.4) is 0 Å². The molecule has 94 valence electrons. The van der Waals surface area contributed by atoms with Crippen molar-refractivity contribution in [2.24, 2.45) is 0 Å². The highest BCUT2D eigenvalue weighted by atomic mass is 16.2. The van der Waals surface area contributed by atoms with Crippen molar-refractivity contribution in [2.75, 3.05) is 5.32 Å². The second-order valence-electron chi connectivity index (χ2n) is 4.66. The van der Waals surface area contributed by atoms with E-state index in [1.807, 2.05) is 32.9 Å². The SMILES string of the molecule is CCCC(C)NC(=O)Nc1cc(C)cc(C)c1.